The molecule has 0 bridgehead atoms. The Bertz CT molecular complexity index is 760. The van der Waals surface area contributed by atoms with Crippen LogP contribution >= 0.6 is 15.9 Å². The van der Waals surface area contributed by atoms with Crippen molar-refractivity contribution < 1.29 is 12.8 Å². The minimum absolute atomic E-state index is 0.104. The molecule has 0 aliphatic carbocycles. The molecule has 2 rings (SSSR count). The van der Waals surface area contributed by atoms with Crippen molar-refractivity contribution in [1.29, 1.82) is 0 Å². The summed E-state index contributed by atoms with van der Waals surface area (Å²) in [6, 6.07) is 9.07. The third kappa shape index (κ3) is 3.19. The van der Waals surface area contributed by atoms with E-state index in [9.17, 15) is 12.8 Å². The maximum atomic E-state index is 13.5. The molecule has 20 heavy (non-hydrogen) atoms. The zero-order valence-corrected chi connectivity index (χ0v) is 13.3. The van der Waals surface area contributed by atoms with Gasteiger partial charge in [-0.05, 0) is 65.2 Å². The van der Waals surface area contributed by atoms with E-state index in [-0.39, 0.29) is 4.90 Å². The summed E-state index contributed by atoms with van der Waals surface area (Å²) in [5.74, 6) is -0.546. The van der Waals surface area contributed by atoms with E-state index in [1.54, 1.807) is 25.1 Å². The summed E-state index contributed by atoms with van der Waals surface area (Å²) in [7, 11) is -3.81. The van der Waals surface area contributed by atoms with Gasteiger partial charge in [0.05, 0.1) is 10.6 Å². The van der Waals surface area contributed by atoms with E-state index in [1.807, 2.05) is 6.92 Å². The Labute approximate surface area is 126 Å². The van der Waals surface area contributed by atoms with Crippen molar-refractivity contribution in [3.05, 3.63) is 57.8 Å². The van der Waals surface area contributed by atoms with Crippen LogP contribution in [0.2, 0.25) is 0 Å². The maximum absolute atomic E-state index is 13.5. The van der Waals surface area contributed by atoms with Gasteiger partial charge in [0, 0.05) is 4.47 Å². The Hall–Kier alpha value is -1.40. The lowest BCUT2D eigenvalue weighted by Gasteiger charge is -2.11. The molecule has 2 aromatic rings. The van der Waals surface area contributed by atoms with Crippen LogP contribution in [0.4, 0.5) is 10.1 Å². The Balaban J connectivity index is 2.38. The lowest BCUT2D eigenvalue weighted by Crippen LogP contribution is -2.13. The van der Waals surface area contributed by atoms with Crippen LogP contribution in [-0.4, -0.2) is 8.42 Å². The van der Waals surface area contributed by atoms with Crippen molar-refractivity contribution in [2.24, 2.45) is 0 Å². The number of anilines is 1. The molecule has 2 aromatic carbocycles. The standard InChI is InChI=1S/C14H13BrFNO2S/c1-9-3-6-14(12(15)7-9)17-20(18,19)11-5-4-10(2)13(16)8-11/h3-8,17H,1-2H3. The monoisotopic (exact) mass is 357 g/mol. The molecule has 106 valence electrons. The van der Waals surface area contributed by atoms with Crippen molar-refractivity contribution in [2.75, 3.05) is 4.72 Å². The Kier molecular flexibility index (Phi) is 4.15. The average molecular weight is 358 g/mol. The van der Waals surface area contributed by atoms with Gasteiger partial charge >= 0.3 is 0 Å². The average Bonchev–Trinajstić information content (AvgIpc) is 2.36. The molecule has 0 saturated carbocycles. The molecule has 0 fully saturated rings. The van der Waals surface area contributed by atoms with Crippen LogP contribution in [0.1, 0.15) is 11.1 Å². The largest absolute Gasteiger partial charge is 0.278 e. The number of hydrogen-bond donors (Lipinski definition) is 1. The van der Waals surface area contributed by atoms with Crippen LogP contribution in [0.5, 0.6) is 0 Å². The fourth-order valence-electron chi connectivity index (χ4n) is 1.65. The zero-order chi connectivity index (χ0) is 14.9. The molecular weight excluding hydrogens is 345 g/mol. The number of hydrogen-bond acceptors (Lipinski definition) is 2. The fraction of sp³-hybridized carbons (Fsp3) is 0.143. The minimum Gasteiger partial charge on any atom is -0.278 e. The smallest absolute Gasteiger partial charge is 0.262 e. The van der Waals surface area contributed by atoms with Gasteiger partial charge in [-0.15, -0.1) is 0 Å². The molecule has 0 aliphatic heterocycles. The van der Waals surface area contributed by atoms with E-state index in [0.717, 1.165) is 11.6 Å². The molecule has 0 heterocycles. The van der Waals surface area contributed by atoms with Crippen molar-refractivity contribution in [2.45, 2.75) is 18.7 Å². The fourth-order valence-corrected chi connectivity index (χ4v) is 3.46. The third-order valence-electron chi connectivity index (χ3n) is 2.82. The first-order chi connectivity index (χ1) is 9.29. The van der Waals surface area contributed by atoms with Gasteiger partial charge in [0.1, 0.15) is 5.82 Å². The van der Waals surface area contributed by atoms with E-state index in [1.165, 1.54) is 12.1 Å². The quantitative estimate of drug-likeness (QED) is 0.901. The van der Waals surface area contributed by atoms with Crippen LogP contribution in [0, 0.1) is 19.7 Å². The second-order valence-electron chi connectivity index (χ2n) is 4.50. The predicted octanol–water partition coefficient (Wildman–Crippen LogP) is 4.01. The van der Waals surface area contributed by atoms with Gasteiger partial charge in [0.2, 0.25) is 0 Å². The zero-order valence-electron chi connectivity index (χ0n) is 10.9. The summed E-state index contributed by atoms with van der Waals surface area (Å²) in [4.78, 5) is -0.104. The van der Waals surface area contributed by atoms with Crippen molar-refractivity contribution in [3.63, 3.8) is 0 Å². The van der Waals surface area contributed by atoms with Crippen molar-refractivity contribution >= 4 is 31.6 Å². The number of rotatable bonds is 3. The first-order valence-electron chi connectivity index (χ1n) is 5.85. The van der Waals surface area contributed by atoms with Crippen LogP contribution in [0.25, 0.3) is 0 Å². The number of aryl methyl sites for hydroxylation is 2. The topological polar surface area (TPSA) is 46.2 Å². The molecular formula is C14H13BrFNO2S. The molecule has 6 heteroatoms. The molecule has 0 aromatic heterocycles. The lowest BCUT2D eigenvalue weighted by molar-refractivity contribution is 0.593. The summed E-state index contributed by atoms with van der Waals surface area (Å²) >= 11 is 3.30. The molecule has 0 radical (unpaired) electrons. The van der Waals surface area contributed by atoms with Crippen molar-refractivity contribution in [3.8, 4) is 0 Å². The highest BCUT2D eigenvalue weighted by Gasteiger charge is 2.17. The van der Waals surface area contributed by atoms with Crippen LogP contribution in [0.3, 0.4) is 0 Å². The summed E-state index contributed by atoms with van der Waals surface area (Å²) in [6.07, 6.45) is 0. The van der Waals surface area contributed by atoms with E-state index < -0.39 is 15.8 Å². The van der Waals surface area contributed by atoms with Gasteiger partial charge in [0.15, 0.2) is 0 Å². The number of nitrogens with one attached hydrogen (secondary N) is 1. The highest BCUT2D eigenvalue weighted by molar-refractivity contribution is 9.10. The minimum atomic E-state index is -3.81. The van der Waals surface area contributed by atoms with E-state index >= 15 is 0 Å². The first-order valence-corrected chi connectivity index (χ1v) is 8.12. The van der Waals surface area contributed by atoms with Gasteiger partial charge in [-0.25, -0.2) is 12.8 Å². The molecule has 0 unspecified atom stereocenters. The van der Waals surface area contributed by atoms with E-state index in [0.29, 0.717) is 15.7 Å². The van der Waals surface area contributed by atoms with Gasteiger partial charge < -0.3 is 0 Å². The predicted molar refractivity (Wildman–Crippen MR) is 80.8 cm³/mol. The molecule has 0 spiro atoms. The summed E-state index contributed by atoms with van der Waals surface area (Å²) in [6.45, 7) is 3.48. The summed E-state index contributed by atoms with van der Waals surface area (Å²) in [5.41, 5.74) is 1.82. The highest BCUT2D eigenvalue weighted by Crippen LogP contribution is 2.26. The Morgan fingerprint density at radius 2 is 1.80 bits per heavy atom. The normalized spacial score (nSPS) is 11.4. The molecule has 0 aliphatic rings. The first kappa shape index (κ1) is 15.0. The van der Waals surface area contributed by atoms with Gasteiger partial charge in [-0.1, -0.05) is 12.1 Å². The van der Waals surface area contributed by atoms with Crippen LogP contribution in [0.15, 0.2) is 45.8 Å². The maximum Gasteiger partial charge on any atom is 0.262 e. The molecule has 0 atom stereocenters. The third-order valence-corrected chi connectivity index (χ3v) is 4.84. The Morgan fingerprint density at radius 3 is 2.40 bits per heavy atom. The molecule has 1 N–H and O–H groups in total. The summed E-state index contributed by atoms with van der Waals surface area (Å²) in [5, 5.41) is 0. The highest BCUT2D eigenvalue weighted by atomic mass is 79.9. The number of sulfonamides is 1. The van der Waals surface area contributed by atoms with Gasteiger partial charge in [-0.3, -0.25) is 4.72 Å². The van der Waals surface area contributed by atoms with Gasteiger partial charge in [0.25, 0.3) is 10.0 Å². The SMILES string of the molecule is Cc1ccc(NS(=O)(=O)c2ccc(C)c(F)c2)c(Br)c1. The lowest BCUT2D eigenvalue weighted by atomic mass is 10.2. The summed E-state index contributed by atoms with van der Waals surface area (Å²) < 4.78 is 41.0. The van der Waals surface area contributed by atoms with Gasteiger partial charge in [-0.2, -0.15) is 0 Å². The Morgan fingerprint density at radius 1 is 1.10 bits per heavy atom. The van der Waals surface area contributed by atoms with Crippen LogP contribution in [-0.2, 0) is 10.0 Å². The van der Waals surface area contributed by atoms with Crippen molar-refractivity contribution in [1.82, 2.24) is 0 Å². The molecule has 3 nitrogen and oxygen atoms in total. The second kappa shape index (κ2) is 5.54. The van der Waals surface area contributed by atoms with E-state index in [2.05, 4.69) is 20.7 Å². The molecule has 0 amide bonds. The molecule has 0 saturated heterocycles. The number of benzene rings is 2. The second-order valence-corrected chi connectivity index (χ2v) is 7.04. The van der Waals surface area contributed by atoms with Crippen LogP contribution < -0.4 is 4.72 Å². The number of halogens is 2. The van der Waals surface area contributed by atoms with E-state index in [4.69, 9.17) is 0 Å².